The van der Waals surface area contributed by atoms with Crippen LogP contribution in [0.3, 0.4) is 0 Å². The van der Waals surface area contributed by atoms with Crippen molar-refractivity contribution in [2.75, 3.05) is 25.0 Å². The van der Waals surface area contributed by atoms with E-state index in [9.17, 15) is 4.79 Å². The van der Waals surface area contributed by atoms with Crippen molar-refractivity contribution < 1.29 is 4.79 Å². The highest BCUT2D eigenvalue weighted by Gasteiger charge is 2.22. The Bertz CT molecular complexity index is 989. The summed E-state index contributed by atoms with van der Waals surface area (Å²) in [6.45, 7) is 5.80. The summed E-state index contributed by atoms with van der Waals surface area (Å²) >= 11 is 6.16. The first kappa shape index (κ1) is 20.0. The number of aromatic amines is 1. The van der Waals surface area contributed by atoms with Crippen molar-refractivity contribution in [3.63, 3.8) is 0 Å². The van der Waals surface area contributed by atoms with Crippen molar-refractivity contribution in [1.29, 1.82) is 0 Å². The van der Waals surface area contributed by atoms with Crippen molar-refractivity contribution in [3.8, 4) is 0 Å². The first-order chi connectivity index (χ1) is 14.2. The molecular weight excluding hydrogens is 382 g/mol. The van der Waals surface area contributed by atoms with Crippen LogP contribution in [0.25, 0.3) is 10.9 Å². The summed E-state index contributed by atoms with van der Waals surface area (Å²) in [4.78, 5) is 18.6. The lowest BCUT2D eigenvalue weighted by Gasteiger charge is -2.31. The van der Waals surface area contributed by atoms with Gasteiger partial charge in [0.1, 0.15) is 0 Å². The Kier molecular flexibility index (Phi) is 6.22. The van der Waals surface area contributed by atoms with Gasteiger partial charge in [-0.25, -0.2) is 0 Å². The number of unbranched alkanes of at least 4 members (excludes halogenated alkanes) is 1. The Hall–Kier alpha value is -2.30. The molecule has 3 aromatic rings. The number of halogens is 1. The molecule has 0 spiro atoms. The van der Waals surface area contributed by atoms with Gasteiger partial charge < -0.3 is 15.2 Å². The molecule has 1 amide bonds. The van der Waals surface area contributed by atoms with Crippen LogP contribution in [0.1, 0.15) is 54.4 Å². The van der Waals surface area contributed by atoms with Crippen LogP contribution in [0, 0.1) is 0 Å². The van der Waals surface area contributed by atoms with Crippen molar-refractivity contribution in [3.05, 3.63) is 64.8 Å². The number of H-pyrrole nitrogens is 1. The minimum absolute atomic E-state index is 0.184. The SMILES string of the molecule is CCCCN1CCC(c2c[nH]c3ccc(NC(=O)c4ccccc4Cl)cc23)CC1. The second-order valence-electron chi connectivity index (χ2n) is 7.91. The van der Waals surface area contributed by atoms with Crippen LogP contribution in [0.2, 0.25) is 5.02 Å². The van der Waals surface area contributed by atoms with E-state index in [4.69, 9.17) is 11.6 Å². The van der Waals surface area contributed by atoms with E-state index in [0.717, 1.165) is 11.2 Å². The summed E-state index contributed by atoms with van der Waals surface area (Å²) in [5.74, 6) is 0.382. The molecule has 4 rings (SSSR count). The summed E-state index contributed by atoms with van der Waals surface area (Å²) in [6, 6.07) is 13.2. The van der Waals surface area contributed by atoms with Crippen molar-refractivity contribution in [1.82, 2.24) is 9.88 Å². The fourth-order valence-electron chi connectivity index (χ4n) is 4.25. The van der Waals surface area contributed by atoms with Crippen LogP contribution in [0.15, 0.2) is 48.7 Å². The van der Waals surface area contributed by atoms with E-state index in [1.54, 1.807) is 12.1 Å². The number of nitrogens with zero attached hydrogens (tertiary/aromatic N) is 1. The number of rotatable bonds is 6. The van der Waals surface area contributed by atoms with Crippen LogP contribution in [-0.4, -0.2) is 35.4 Å². The molecule has 0 aliphatic carbocycles. The number of amides is 1. The number of anilines is 1. The Morgan fingerprint density at radius 2 is 2.00 bits per heavy atom. The smallest absolute Gasteiger partial charge is 0.257 e. The van der Waals surface area contributed by atoms with Crippen LogP contribution in [-0.2, 0) is 0 Å². The number of hydrogen-bond donors (Lipinski definition) is 2. The molecule has 1 aliphatic heterocycles. The predicted molar refractivity (Wildman–Crippen MR) is 121 cm³/mol. The highest BCUT2D eigenvalue weighted by atomic mass is 35.5. The molecule has 0 saturated carbocycles. The van der Waals surface area contributed by atoms with Crippen molar-refractivity contribution in [2.24, 2.45) is 0 Å². The van der Waals surface area contributed by atoms with Crippen LogP contribution < -0.4 is 5.32 Å². The van der Waals surface area contributed by atoms with Gasteiger partial charge in [0.25, 0.3) is 5.91 Å². The maximum absolute atomic E-state index is 12.6. The average molecular weight is 410 g/mol. The van der Waals surface area contributed by atoms with Gasteiger partial charge in [0.05, 0.1) is 10.6 Å². The molecule has 2 heterocycles. The van der Waals surface area contributed by atoms with Gasteiger partial charge in [0.2, 0.25) is 0 Å². The molecule has 2 N–H and O–H groups in total. The zero-order chi connectivity index (χ0) is 20.2. The summed E-state index contributed by atoms with van der Waals surface area (Å²) in [5.41, 5.74) is 3.76. The minimum Gasteiger partial charge on any atom is -0.361 e. The maximum Gasteiger partial charge on any atom is 0.257 e. The number of carbonyl (C=O) groups is 1. The minimum atomic E-state index is -0.184. The lowest BCUT2D eigenvalue weighted by atomic mass is 9.89. The molecule has 29 heavy (non-hydrogen) atoms. The fourth-order valence-corrected chi connectivity index (χ4v) is 4.47. The Morgan fingerprint density at radius 1 is 1.21 bits per heavy atom. The first-order valence-electron chi connectivity index (χ1n) is 10.5. The summed E-state index contributed by atoms with van der Waals surface area (Å²) in [7, 11) is 0. The maximum atomic E-state index is 12.6. The second kappa shape index (κ2) is 9.02. The zero-order valence-corrected chi connectivity index (χ0v) is 17.6. The fraction of sp³-hybridized carbons (Fsp3) is 0.375. The molecule has 2 aromatic carbocycles. The number of fused-ring (bicyclic) bond motifs is 1. The number of hydrogen-bond acceptors (Lipinski definition) is 2. The molecule has 5 heteroatoms. The molecule has 0 radical (unpaired) electrons. The highest BCUT2D eigenvalue weighted by Crippen LogP contribution is 2.34. The van der Waals surface area contributed by atoms with E-state index < -0.39 is 0 Å². The number of aromatic nitrogens is 1. The first-order valence-corrected chi connectivity index (χ1v) is 10.9. The van der Waals surface area contributed by atoms with E-state index in [1.165, 1.54) is 56.3 Å². The zero-order valence-electron chi connectivity index (χ0n) is 16.9. The van der Waals surface area contributed by atoms with Crippen LogP contribution in [0.5, 0.6) is 0 Å². The number of piperidine rings is 1. The molecule has 0 bridgehead atoms. The molecule has 0 atom stereocenters. The van der Waals surface area contributed by atoms with E-state index >= 15 is 0 Å². The van der Waals surface area contributed by atoms with Gasteiger partial charge in [-0.3, -0.25) is 4.79 Å². The van der Waals surface area contributed by atoms with Crippen LogP contribution >= 0.6 is 11.6 Å². The predicted octanol–water partition coefficient (Wildman–Crippen LogP) is 6.05. The van der Waals surface area contributed by atoms with Crippen molar-refractivity contribution >= 4 is 34.1 Å². The topological polar surface area (TPSA) is 48.1 Å². The highest BCUT2D eigenvalue weighted by molar-refractivity contribution is 6.34. The molecule has 1 saturated heterocycles. The third kappa shape index (κ3) is 4.49. The van der Waals surface area contributed by atoms with E-state index in [-0.39, 0.29) is 5.91 Å². The Labute approximate surface area is 177 Å². The van der Waals surface area contributed by atoms with Gasteiger partial charge in [-0.05, 0) is 80.7 Å². The van der Waals surface area contributed by atoms with Gasteiger partial charge in [-0.2, -0.15) is 0 Å². The van der Waals surface area contributed by atoms with Gasteiger partial charge in [0, 0.05) is 22.8 Å². The summed E-state index contributed by atoms with van der Waals surface area (Å²) in [6.07, 6.45) is 7.06. The number of nitrogens with one attached hydrogen (secondary N) is 2. The van der Waals surface area contributed by atoms with Gasteiger partial charge in [-0.15, -0.1) is 0 Å². The third-order valence-electron chi connectivity index (χ3n) is 5.95. The Balaban J connectivity index is 1.50. The molecule has 1 aromatic heterocycles. The van der Waals surface area contributed by atoms with Gasteiger partial charge in [-0.1, -0.05) is 37.1 Å². The van der Waals surface area contributed by atoms with E-state index in [0.29, 0.717) is 16.5 Å². The monoisotopic (exact) mass is 409 g/mol. The number of carbonyl (C=O) groups excluding carboxylic acids is 1. The molecule has 4 nitrogen and oxygen atoms in total. The quantitative estimate of drug-likeness (QED) is 0.520. The lowest BCUT2D eigenvalue weighted by molar-refractivity contribution is 0.102. The third-order valence-corrected chi connectivity index (χ3v) is 6.27. The lowest BCUT2D eigenvalue weighted by Crippen LogP contribution is -2.33. The molecule has 1 fully saturated rings. The Morgan fingerprint density at radius 3 is 2.76 bits per heavy atom. The average Bonchev–Trinajstić information content (AvgIpc) is 3.16. The largest absolute Gasteiger partial charge is 0.361 e. The summed E-state index contributed by atoms with van der Waals surface area (Å²) in [5, 5.41) is 4.66. The number of benzene rings is 2. The number of likely N-dealkylation sites (tertiary alicyclic amines) is 1. The molecule has 0 unspecified atom stereocenters. The molecule has 152 valence electrons. The van der Waals surface area contributed by atoms with E-state index in [1.807, 2.05) is 24.3 Å². The second-order valence-corrected chi connectivity index (χ2v) is 8.32. The van der Waals surface area contributed by atoms with Gasteiger partial charge in [0.15, 0.2) is 0 Å². The van der Waals surface area contributed by atoms with Gasteiger partial charge >= 0.3 is 0 Å². The van der Waals surface area contributed by atoms with Crippen molar-refractivity contribution in [2.45, 2.75) is 38.5 Å². The normalized spacial score (nSPS) is 15.7. The van der Waals surface area contributed by atoms with E-state index in [2.05, 4.69) is 34.4 Å². The standard InChI is InChI=1S/C24H28ClN3O/c1-2-3-12-28-13-10-17(11-14-28)21-16-26-23-9-8-18(15-20(21)23)27-24(29)19-6-4-5-7-22(19)25/h4-9,15-17,26H,2-3,10-14H2,1H3,(H,27,29). The summed E-state index contributed by atoms with van der Waals surface area (Å²) < 4.78 is 0. The van der Waals surface area contributed by atoms with Crippen LogP contribution in [0.4, 0.5) is 5.69 Å². The molecule has 1 aliphatic rings. The molecular formula is C24H28ClN3O.